The van der Waals surface area contributed by atoms with Gasteiger partial charge in [0.2, 0.25) is 0 Å². The molecule has 0 saturated heterocycles. The van der Waals surface area contributed by atoms with Gasteiger partial charge in [-0.2, -0.15) is 0 Å². The Balaban J connectivity index is 1.73. The number of hydrogen-bond acceptors (Lipinski definition) is 3. The minimum absolute atomic E-state index is 0.774. The number of aryl methyl sites for hydroxylation is 1. The summed E-state index contributed by atoms with van der Waals surface area (Å²) >= 11 is 0. The summed E-state index contributed by atoms with van der Waals surface area (Å²) in [6.07, 6.45) is 5.67. The molecule has 3 aromatic rings. The Morgan fingerprint density at radius 2 is 1.90 bits per heavy atom. The first-order valence-electron chi connectivity index (χ1n) is 6.77. The molecule has 0 fully saturated rings. The first-order valence-corrected chi connectivity index (χ1v) is 6.77. The third-order valence-electron chi connectivity index (χ3n) is 3.48. The number of rotatable bonds is 4. The van der Waals surface area contributed by atoms with Crippen LogP contribution in [0.15, 0.2) is 55.0 Å². The predicted molar refractivity (Wildman–Crippen MR) is 81.3 cm³/mol. The summed E-state index contributed by atoms with van der Waals surface area (Å²) in [5.41, 5.74) is 3.54. The fourth-order valence-electron chi connectivity index (χ4n) is 2.34. The van der Waals surface area contributed by atoms with E-state index in [1.807, 2.05) is 30.7 Å². The lowest BCUT2D eigenvalue weighted by atomic mass is 10.1. The topological polar surface area (TPSA) is 37.8 Å². The molecule has 1 aromatic carbocycles. The van der Waals surface area contributed by atoms with Crippen molar-refractivity contribution in [1.82, 2.24) is 15.3 Å². The van der Waals surface area contributed by atoms with Crippen molar-refractivity contribution in [3.05, 3.63) is 71.8 Å². The van der Waals surface area contributed by atoms with Crippen molar-refractivity contribution in [3.63, 3.8) is 0 Å². The highest BCUT2D eigenvalue weighted by Crippen LogP contribution is 2.16. The quantitative estimate of drug-likeness (QED) is 0.785. The molecule has 0 amide bonds. The molecule has 0 unspecified atom stereocenters. The molecule has 0 aliphatic heterocycles. The summed E-state index contributed by atoms with van der Waals surface area (Å²) in [7, 11) is 0. The second kappa shape index (κ2) is 5.80. The van der Waals surface area contributed by atoms with Gasteiger partial charge in [0, 0.05) is 37.1 Å². The molecule has 2 aromatic heterocycles. The third kappa shape index (κ3) is 2.68. The van der Waals surface area contributed by atoms with Gasteiger partial charge in [-0.15, -0.1) is 0 Å². The average Bonchev–Trinajstić information content (AvgIpc) is 2.49. The normalized spacial score (nSPS) is 10.8. The van der Waals surface area contributed by atoms with Gasteiger partial charge in [-0.25, -0.2) is 0 Å². The van der Waals surface area contributed by atoms with Crippen LogP contribution in [0.3, 0.4) is 0 Å². The first-order chi connectivity index (χ1) is 9.84. The Kier molecular flexibility index (Phi) is 3.70. The highest BCUT2D eigenvalue weighted by Gasteiger charge is 2.02. The van der Waals surface area contributed by atoms with Crippen LogP contribution in [0.4, 0.5) is 0 Å². The van der Waals surface area contributed by atoms with Gasteiger partial charge < -0.3 is 5.32 Å². The zero-order valence-corrected chi connectivity index (χ0v) is 11.5. The first kappa shape index (κ1) is 12.8. The van der Waals surface area contributed by atoms with Crippen LogP contribution < -0.4 is 5.32 Å². The molecular formula is C17H17N3. The van der Waals surface area contributed by atoms with Crippen LogP contribution in [0.5, 0.6) is 0 Å². The lowest BCUT2D eigenvalue weighted by molar-refractivity contribution is 0.677. The van der Waals surface area contributed by atoms with E-state index in [-0.39, 0.29) is 0 Å². The highest BCUT2D eigenvalue weighted by atomic mass is 14.9. The molecule has 0 bridgehead atoms. The zero-order valence-electron chi connectivity index (χ0n) is 11.5. The number of hydrogen-bond donors (Lipinski definition) is 1. The molecule has 0 atom stereocenters. The molecule has 0 aliphatic carbocycles. The summed E-state index contributed by atoms with van der Waals surface area (Å²) in [6, 6.07) is 12.4. The van der Waals surface area contributed by atoms with Crippen LogP contribution in [-0.4, -0.2) is 9.97 Å². The molecule has 20 heavy (non-hydrogen) atoms. The minimum Gasteiger partial charge on any atom is -0.307 e. The van der Waals surface area contributed by atoms with Gasteiger partial charge >= 0.3 is 0 Å². The summed E-state index contributed by atoms with van der Waals surface area (Å²) in [4.78, 5) is 8.69. The van der Waals surface area contributed by atoms with Crippen molar-refractivity contribution in [2.75, 3.05) is 0 Å². The van der Waals surface area contributed by atoms with Gasteiger partial charge in [-0.3, -0.25) is 9.97 Å². The van der Waals surface area contributed by atoms with Crippen LogP contribution in [0, 0.1) is 6.92 Å². The van der Waals surface area contributed by atoms with Gasteiger partial charge in [0.25, 0.3) is 0 Å². The Morgan fingerprint density at radius 3 is 2.80 bits per heavy atom. The Morgan fingerprint density at radius 1 is 1.00 bits per heavy atom. The summed E-state index contributed by atoms with van der Waals surface area (Å²) in [5.74, 6) is 0. The van der Waals surface area contributed by atoms with Crippen molar-refractivity contribution in [3.8, 4) is 0 Å². The van der Waals surface area contributed by atoms with E-state index in [0.29, 0.717) is 0 Å². The summed E-state index contributed by atoms with van der Waals surface area (Å²) in [6.45, 7) is 3.66. The number of nitrogens with zero attached hydrogens (tertiary/aromatic N) is 2. The van der Waals surface area contributed by atoms with Gasteiger partial charge in [0.05, 0.1) is 5.69 Å². The Hall–Kier alpha value is -2.26. The zero-order chi connectivity index (χ0) is 13.8. The van der Waals surface area contributed by atoms with Gasteiger partial charge in [-0.1, -0.05) is 30.3 Å². The smallest absolute Gasteiger partial charge is 0.0570 e. The van der Waals surface area contributed by atoms with Gasteiger partial charge in [-0.05, 0) is 29.5 Å². The molecular weight excluding hydrogens is 246 g/mol. The van der Waals surface area contributed by atoms with E-state index in [1.165, 1.54) is 21.9 Å². The lowest BCUT2D eigenvalue weighted by Gasteiger charge is -2.08. The van der Waals surface area contributed by atoms with E-state index in [2.05, 4.69) is 46.5 Å². The summed E-state index contributed by atoms with van der Waals surface area (Å²) < 4.78 is 0. The maximum atomic E-state index is 4.39. The Bertz CT molecular complexity index is 717. The third-order valence-corrected chi connectivity index (χ3v) is 3.48. The highest BCUT2D eigenvalue weighted by molar-refractivity contribution is 5.84. The van der Waals surface area contributed by atoms with E-state index in [0.717, 1.165) is 18.8 Å². The van der Waals surface area contributed by atoms with E-state index in [4.69, 9.17) is 0 Å². The predicted octanol–water partition coefficient (Wildman–Crippen LogP) is 3.23. The molecule has 2 heterocycles. The second-order valence-corrected chi connectivity index (χ2v) is 4.89. The lowest BCUT2D eigenvalue weighted by Crippen LogP contribution is -2.15. The van der Waals surface area contributed by atoms with Crippen LogP contribution >= 0.6 is 0 Å². The van der Waals surface area contributed by atoms with Crippen molar-refractivity contribution < 1.29 is 0 Å². The van der Waals surface area contributed by atoms with E-state index >= 15 is 0 Å². The van der Waals surface area contributed by atoms with Crippen LogP contribution in [0.2, 0.25) is 0 Å². The molecule has 0 radical (unpaired) electrons. The largest absolute Gasteiger partial charge is 0.307 e. The fraction of sp³-hybridized carbons (Fsp3) is 0.176. The van der Waals surface area contributed by atoms with E-state index < -0.39 is 0 Å². The average molecular weight is 263 g/mol. The molecule has 0 spiro atoms. The monoisotopic (exact) mass is 263 g/mol. The van der Waals surface area contributed by atoms with Crippen molar-refractivity contribution in [2.45, 2.75) is 20.0 Å². The molecule has 100 valence electrons. The van der Waals surface area contributed by atoms with Gasteiger partial charge in [0.1, 0.15) is 0 Å². The van der Waals surface area contributed by atoms with Crippen molar-refractivity contribution in [2.24, 2.45) is 0 Å². The van der Waals surface area contributed by atoms with Crippen molar-refractivity contribution >= 4 is 10.8 Å². The maximum Gasteiger partial charge on any atom is 0.0570 e. The summed E-state index contributed by atoms with van der Waals surface area (Å²) in [5, 5.41) is 5.89. The molecule has 1 N–H and O–H groups in total. The molecule has 3 heteroatoms. The van der Waals surface area contributed by atoms with Crippen molar-refractivity contribution in [1.29, 1.82) is 0 Å². The SMILES string of the molecule is Cc1cccnc1CNCc1cncc2ccccc12. The minimum atomic E-state index is 0.774. The maximum absolute atomic E-state index is 4.39. The van der Waals surface area contributed by atoms with Crippen LogP contribution in [0.25, 0.3) is 10.8 Å². The molecule has 3 rings (SSSR count). The van der Waals surface area contributed by atoms with E-state index in [9.17, 15) is 0 Å². The van der Waals surface area contributed by atoms with Crippen LogP contribution in [-0.2, 0) is 13.1 Å². The fourth-order valence-corrected chi connectivity index (χ4v) is 2.34. The standard InChI is InChI=1S/C17H17N3/c1-13-5-4-8-20-17(13)12-19-11-15-10-18-9-14-6-2-3-7-16(14)15/h2-10,19H,11-12H2,1H3. The number of aromatic nitrogens is 2. The second-order valence-electron chi connectivity index (χ2n) is 4.89. The van der Waals surface area contributed by atoms with E-state index in [1.54, 1.807) is 0 Å². The van der Waals surface area contributed by atoms with Crippen LogP contribution in [0.1, 0.15) is 16.8 Å². The number of pyridine rings is 2. The molecule has 0 aliphatic rings. The van der Waals surface area contributed by atoms with Gasteiger partial charge in [0.15, 0.2) is 0 Å². The Labute approximate surface area is 118 Å². The molecule has 3 nitrogen and oxygen atoms in total. The number of benzene rings is 1. The number of fused-ring (bicyclic) bond motifs is 1. The number of nitrogens with one attached hydrogen (secondary N) is 1. The molecule has 0 saturated carbocycles.